The van der Waals surface area contributed by atoms with E-state index in [1.807, 2.05) is 24.3 Å². The summed E-state index contributed by atoms with van der Waals surface area (Å²) in [4.78, 5) is 14.4. The van der Waals surface area contributed by atoms with Gasteiger partial charge in [0.2, 0.25) is 5.91 Å². The molecule has 2 rings (SSSR count). The van der Waals surface area contributed by atoms with Crippen LogP contribution in [-0.2, 0) is 4.79 Å². The second-order valence-electron chi connectivity index (χ2n) is 5.80. The highest BCUT2D eigenvalue weighted by Crippen LogP contribution is 2.17. The Morgan fingerprint density at radius 2 is 2.18 bits per heavy atom. The maximum atomic E-state index is 12.2. The molecule has 1 aliphatic rings. The standard InChI is InChI=1S/C17H27N3O2/c1-3-20(12-14-7-9-18-10-8-14)13-17(21)19-15-5-4-6-16(11-15)22-2/h4-6,11,14,18H,3,7-10,12-13H2,1-2H3,(H,19,21). The van der Waals surface area contributed by atoms with E-state index in [0.717, 1.165) is 37.6 Å². The van der Waals surface area contributed by atoms with Crippen LogP contribution in [0.1, 0.15) is 19.8 Å². The number of nitrogens with zero attached hydrogens (tertiary/aromatic N) is 1. The topological polar surface area (TPSA) is 53.6 Å². The van der Waals surface area contributed by atoms with Crippen molar-refractivity contribution in [1.29, 1.82) is 0 Å². The monoisotopic (exact) mass is 305 g/mol. The van der Waals surface area contributed by atoms with Crippen LogP contribution in [0.4, 0.5) is 5.69 Å². The Bertz CT molecular complexity index is 473. The number of ether oxygens (including phenoxy) is 1. The molecule has 1 amide bonds. The first-order chi connectivity index (χ1) is 10.7. The fourth-order valence-electron chi connectivity index (χ4n) is 2.84. The van der Waals surface area contributed by atoms with E-state index in [-0.39, 0.29) is 5.91 Å². The maximum Gasteiger partial charge on any atom is 0.238 e. The molecule has 122 valence electrons. The minimum absolute atomic E-state index is 0.0315. The molecule has 0 saturated carbocycles. The molecule has 0 aliphatic carbocycles. The number of hydrogen-bond donors (Lipinski definition) is 2. The largest absolute Gasteiger partial charge is 0.497 e. The number of amides is 1. The molecule has 5 heteroatoms. The van der Waals surface area contributed by atoms with Gasteiger partial charge in [0.25, 0.3) is 0 Å². The minimum atomic E-state index is 0.0315. The van der Waals surface area contributed by atoms with Crippen LogP contribution in [0.25, 0.3) is 0 Å². The van der Waals surface area contributed by atoms with Crippen LogP contribution in [-0.4, -0.2) is 50.6 Å². The summed E-state index contributed by atoms with van der Waals surface area (Å²) >= 11 is 0. The molecule has 0 unspecified atom stereocenters. The van der Waals surface area contributed by atoms with E-state index in [1.165, 1.54) is 12.8 Å². The third-order valence-electron chi connectivity index (χ3n) is 4.14. The van der Waals surface area contributed by atoms with Gasteiger partial charge in [-0.15, -0.1) is 0 Å². The Morgan fingerprint density at radius 1 is 1.41 bits per heavy atom. The van der Waals surface area contributed by atoms with E-state index in [2.05, 4.69) is 22.5 Å². The molecule has 5 nitrogen and oxygen atoms in total. The van der Waals surface area contributed by atoms with E-state index in [1.54, 1.807) is 7.11 Å². The highest BCUT2D eigenvalue weighted by Gasteiger charge is 2.18. The van der Waals surface area contributed by atoms with Crippen LogP contribution in [0.5, 0.6) is 5.75 Å². The van der Waals surface area contributed by atoms with Crippen molar-refractivity contribution < 1.29 is 9.53 Å². The summed E-state index contributed by atoms with van der Waals surface area (Å²) in [5, 5.41) is 6.33. The molecule has 1 aromatic rings. The number of rotatable bonds is 7. The summed E-state index contributed by atoms with van der Waals surface area (Å²) in [6, 6.07) is 7.46. The minimum Gasteiger partial charge on any atom is -0.497 e. The lowest BCUT2D eigenvalue weighted by molar-refractivity contribution is -0.117. The number of carbonyl (C=O) groups is 1. The van der Waals surface area contributed by atoms with Crippen LogP contribution in [0.3, 0.4) is 0 Å². The Hall–Kier alpha value is -1.59. The predicted octanol–water partition coefficient (Wildman–Crippen LogP) is 1.96. The molecular weight excluding hydrogens is 278 g/mol. The number of anilines is 1. The molecule has 0 atom stereocenters. The zero-order chi connectivity index (χ0) is 15.8. The van der Waals surface area contributed by atoms with Gasteiger partial charge in [-0.2, -0.15) is 0 Å². The molecule has 0 spiro atoms. The zero-order valence-electron chi connectivity index (χ0n) is 13.6. The maximum absolute atomic E-state index is 12.2. The van der Waals surface area contributed by atoms with Crippen LogP contribution >= 0.6 is 0 Å². The first-order valence-electron chi connectivity index (χ1n) is 8.08. The number of piperidine rings is 1. The van der Waals surface area contributed by atoms with Crippen molar-refractivity contribution in [2.75, 3.05) is 45.2 Å². The number of nitrogens with one attached hydrogen (secondary N) is 2. The second-order valence-corrected chi connectivity index (χ2v) is 5.80. The third kappa shape index (κ3) is 5.31. The number of methoxy groups -OCH3 is 1. The van der Waals surface area contributed by atoms with Crippen molar-refractivity contribution in [2.24, 2.45) is 5.92 Å². The van der Waals surface area contributed by atoms with Crippen LogP contribution in [0.2, 0.25) is 0 Å². The molecular formula is C17H27N3O2. The summed E-state index contributed by atoms with van der Waals surface area (Å²) in [6.07, 6.45) is 2.40. The van der Waals surface area contributed by atoms with Gasteiger partial charge in [-0.05, 0) is 50.5 Å². The summed E-state index contributed by atoms with van der Waals surface area (Å²) in [5.41, 5.74) is 0.780. The van der Waals surface area contributed by atoms with Crippen LogP contribution in [0, 0.1) is 5.92 Å². The first-order valence-corrected chi connectivity index (χ1v) is 8.08. The average Bonchev–Trinajstić information content (AvgIpc) is 2.55. The molecule has 1 saturated heterocycles. The number of likely N-dealkylation sites (N-methyl/N-ethyl adjacent to an activating group) is 1. The molecule has 22 heavy (non-hydrogen) atoms. The number of hydrogen-bond acceptors (Lipinski definition) is 4. The van der Waals surface area contributed by atoms with Crippen molar-refractivity contribution in [3.63, 3.8) is 0 Å². The Labute approximate surface area is 133 Å². The third-order valence-corrected chi connectivity index (χ3v) is 4.14. The molecule has 1 aliphatic heterocycles. The van der Waals surface area contributed by atoms with Gasteiger partial charge in [0.1, 0.15) is 5.75 Å². The lowest BCUT2D eigenvalue weighted by atomic mass is 9.97. The first kappa shape index (κ1) is 16.8. The van der Waals surface area contributed by atoms with Gasteiger partial charge in [0.15, 0.2) is 0 Å². The van der Waals surface area contributed by atoms with Crippen molar-refractivity contribution in [3.05, 3.63) is 24.3 Å². The Morgan fingerprint density at radius 3 is 2.86 bits per heavy atom. The fourth-order valence-corrected chi connectivity index (χ4v) is 2.84. The quantitative estimate of drug-likeness (QED) is 0.808. The predicted molar refractivity (Wildman–Crippen MR) is 89.3 cm³/mol. The summed E-state index contributed by atoms with van der Waals surface area (Å²) in [7, 11) is 1.62. The molecule has 1 heterocycles. The fraction of sp³-hybridized carbons (Fsp3) is 0.588. The number of carbonyl (C=O) groups excluding carboxylic acids is 1. The summed E-state index contributed by atoms with van der Waals surface area (Å²) in [5.74, 6) is 1.48. The van der Waals surface area contributed by atoms with E-state index in [9.17, 15) is 4.79 Å². The van der Waals surface area contributed by atoms with E-state index in [4.69, 9.17) is 4.74 Å². The average molecular weight is 305 g/mol. The second kappa shape index (κ2) is 8.76. The molecule has 0 radical (unpaired) electrons. The Kier molecular flexibility index (Phi) is 6.68. The highest BCUT2D eigenvalue weighted by molar-refractivity contribution is 5.92. The molecule has 1 aromatic carbocycles. The van der Waals surface area contributed by atoms with Crippen molar-refractivity contribution >= 4 is 11.6 Å². The van der Waals surface area contributed by atoms with E-state index < -0.39 is 0 Å². The van der Waals surface area contributed by atoms with Gasteiger partial charge in [-0.3, -0.25) is 9.69 Å². The normalized spacial score (nSPS) is 15.8. The van der Waals surface area contributed by atoms with Gasteiger partial charge < -0.3 is 15.4 Å². The van der Waals surface area contributed by atoms with E-state index in [0.29, 0.717) is 12.5 Å². The van der Waals surface area contributed by atoms with Crippen LogP contribution in [0.15, 0.2) is 24.3 Å². The number of benzene rings is 1. The van der Waals surface area contributed by atoms with Crippen molar-refractivity contribution in [1.82, 2.24) is 10.2 Å². The van der Waals surface area contributed by atoms with Gasteiger partial charge in [-0.25, -0.2) is 0 Å². The molecule has 0 bridgehead atoms. The lowest BCUT2D eigenvalue weighted by Gasteiger charge is -2.28. The summed E-state index contributed by atoms with van der Waals surface area (Å²) < 4.78 is 5.17. The highest BCUT2D eigenvalue weighted by atomic mass is 16.5. The van der Waals surface area contributed by atoms with Crippen molar-refractivity contribution in [3.8, 4) is 5.75 Å². The zero-order valence-corrected chi connectivity index (χ0v) is 13.6. The van der Waals surface area contributed by atoms with E-state index >= 15 is 0 Å². The molecule has 2 N–H and O–H groups in total. The van der Waals surface area contributed by atoms with Gasteiger partial charge >= 0.3 is 0 Å². The summed E-state index contributed by atoms with van der Waals surface area (Å²) in [6.45, 7) is 6.65. The van der Waals surface area contributed by atoms with Crippen molar-refractivity contribution in [2.45, 2.75) is 19.8 Å². The van der Waals surface area contributed by atoms with Gasteiger partial charge in [0.05, 0.1) is 13.7 Å². The van der Waals surface area contributed by atoms with Crippen LogP contribution < -0.4 is 15.4 Å². The Balaban J connectivity index is 1.82. The van der Waals surface area contributed by atoms with Gasteiger partial charge in [0, 0.05) is 18.3 Å². The molecule has 0 aromatic heterocycles. The lowest BCUT2D eigenvalue weighted by Crippen LogP contribution is -2.39. The smallest absolute Gasteiger partial charge is 0.238 e. The molecule has 1 fully saturated rings. The SMILES string of the molecule is CCN(CC(=O)Nc1cccc(OC)c1)CC1CCNCC1. The van der Waals surface area contributed by atoms with Gasteiger partial charge in [-0.1, -0.05) is 13.0 Å².